The molecule has 0 bridgehead atoms. The van der Waals surface area contributed by atoms with E-state index in [1.54, 1.807) is 13.8 Å². The molecule has 2 N–H and O–H groups in total. The Bertz CT molecular complexity index is 420. The smallest absolute Gasteiger partial charge is 0.311 e. The van der Waals surface area contributed by atoms with Crippen LogP contribution in [-0.4, -0.2) is 34.3 Å². The first-order valence-corrected chi connectivity index (χ1v) is 4.98. The van der Waals surface area contributed by atoms with E-state index in [0.717, 1.165) is 0 Å². The van der Waals surface area contributed by atoms with Crippen molar-refractivity contribution in [2.45, 2.75) is 19.4 Å². The van der Waals surface area contributed by atoms with E-state index < -0.39 is 10.5 Å². The van der Waals surface area contributed by atoms with Gasteiger partial charge >= 0.3 is 5.69 Å². The van der Waals surface area contributed by atoms with Gasteiger partial charge in [0.2, 0.25) is 11.7 Å². The van der Waals surface area contributed by atoms with Gasteiger partial charge in [0.05, 0.1) is 24.2 Å². The highest BCUT2D eigenvalue weighted by Crippen LogP contribution is 2.27. The van der Waals surface area contributed by atoms with Gasteiger partial charge in [0.25, 0.3) is 0 Å². The number of nitro groups is 1. The predicted molar refractivity (Wildman–Crippen MR) is 62.2 cm³/mol. The van der Waals surface area contributed by atoms with E-state index in [9.17, 15) is 10.1 Å². The fraction of sp³-hybridized carbons (Fsp3) is 0.500. The van der Waals surface area contributed by atoms with Gasteiger partial charge in [0.1, 0.15) is 0 Å². The third-order valence-corrected chi connectivity index (χ3v) is 2.11. The standard InChI is InChI=1S/C10H15N3O4/c1-10(2,6-14)12-9-7(13(15)16)4-5-8(11-9)17-3/h4-5,14H,6H2,1-3H3,(H,11,12). The largest absolute Gasteiger partial charge is 0.481 e. The summed E-state index contributed by atoms with van der Waals surface area (Å²) in [6.07, 6.45) is 0. The molecule has 0 aliphatic heterocycles. The molecule has 1 heterocycles. The summed E-state index contributed by atoms with van der Waals surface area (Å²) < 4.78 is 4.90. The number of hydrogen-bond donors (Lipinski definition) is 2. The number of aromatic nitrogens is 1. The first kappa shape index (κ1) is 13.2. The maximum atomic E-state index is 10.8. The number of anilines is 1. The maximum Gasteiger partial charge on any atom is 0.311 e. The zero-order chi connectivity index (χ0) is 13.1. The van der Waals surface area contributed by atoms with Crippen molar-refractivity contribution in [2.75, 3.05) is 19.0 Å². The lowest BCUT2D eigenvalue weighted by Gasteiger charge is -2.23. The summed E-state index contributed by atoms with van der Waals surface area (Å²) in [4.78, 5) is 14.2. The van der Waals surface area contributed by atoms with Gasteiger partial charge in [0, 0.05) is 12.1 Å². The Hall–Kier alpha value is -1.89. The maximum absolute atomic E-state index is 10.8. The molecule has 0 atom stereocenters. The third-order valence-electron chi connectivity index (χ3n) is 2.11. The van der Waals surface area contributed by atoms with E-state index in [1.165, 1.54) is 19.2 Å². The van der Waals surface area contributed by atoms with Gasteiger partial charge in [-0.05, 0) is 13.8 Å². The average Bonchev–Trinajstić information content (AvgIpc) is 2.28. The molecule has 0 spiro atoms. The molecule has 0 fully saturated rings. The lowest BCUT2D eigenvalue weighted by Crippen LogP contribution is -2.35. The Labute approximate surface area is 98.6 Å². The highest BCUT2D eigenvalue weighted by atomic mass is 16.6. The number of aliphatic hydroxyl groups is 1. The number of pyridine rings is 1. The molecule has 0 aliphatic rings. The van der Waals surface area contributed by atoms with Crippen LogP contribution in [0.4, 0.5) is 11.5 Å². The quantitative estimate of drug-likeness (QED) is 0.593. The molecule has 0 aliphatic carbocycles. The highest BCUT2D eigenvalue weighted by Gasteiger charge is 2.23. The first-order valence-electron chi connectivity index (χ1n) is 4.98. The Morgan fingerprint density at radius 2 is 2.24 bits per heavy atom. The Balaban J connectivity index is 3.13. The minimum Gasteiger partial charge on any atom is -0.481 e. The van der Waals surface area contributed by atoms with E-state index in [2.05, 4.69) is 10.3 Å². The van der Waals surface area contributed by atoms with Gasteiger partial charge in [0.15, 0.2) is 0 Å². The average molecular weight is 241 g/mol. The van der Waals surface area contributed by atoms with Crippen molar-refractivity contribution in [3.63, 3.8) is 0 Å². The van der Waals surface area contributed by atoms with Crippen LogP contribution in [0, 0.1) is 10.1 Å². The number of nitrogens with one attached hydrogen (secondary N) is 1. The molecule has 0 radical (unpaired) electrons. The lowest BCUT2D eigenvalue weighted by molar-refractivity contribution is -0.384. The van der Waals surface area contributed by atoms with Crippen molar-refractivity contribution in [3.05, 3.63) is 22.2 Å². The fourth-order valence-corrected chi connectivity index (χ4v) is 1.15. The number of rotatable bonds is 5. The molecular formula is C10H15N3O4. The van der Waals surface area contributed by atoms with Crippen LogP contribution in [0.2, 0.25) is 0 Å². The molecule has 1 rings (SSSR count). The first-order chi connectivity index (χ1) is 7.89. The number of hydrogen-bond acceptors (Lipinski definition) is 6. The van der Waals surface area contributed by atoms with Crippen LogP contribution in [0.15, 0.2) is 12.1 Å². The number of nitrogens with zero attached hydrogens (tertiary/aromatic N) is 2. The van der Waals surface area contributed by atoms with Crippen molar-refractivity contribution >= 4 is 11.5 Å². The van der Waals surface area contributed by atoms with Crippen LogP contribution in [0.5, 0.6) is 5.88 Å². The van der Waals surface area contributed by atoms with Gasteiger partial charge in [-0.15, -0.1) is 0 Å². The summed E-state index contributed by atoms with van der Waals surface area (Å²) in [7, 11) is 1.43. The molecular weight excluding hydrogens is 226 g/mol. The summed E-state index contributed by atoms with van der Waals surface area (Å²) in [5, 5.41) is 22.7. The normalized spacial score (nSPS) is 11.1. The van der Waals surface area contributed by atoms with Crippen LogP contribution >= 0.6 is 0 Å². The molecule has 94 valence electrons. The van der Waals surface area contributed by atoms with Crippen molar-refractivity contribution in [3.8, 4) is 5.88 Å². The number of ether oxygens (including phenoxy) is 1. The van der Waals surface area contributed by atoms with Gasteiger partial charge in [-0.3, -0.25) is 10.1 Å². The minimum atomic E-state index is -0.704. The molecule has 0 saturated carbocycles. The van der Waals surface area contributed by atoms with Crippen molar-refractivity contribution in [2.24, 2.45) is 0 Å². The number of methoxy groups -OCH3 is 1. The Morgan fingerprint density at radius 1 is 1.59 bits per heavy atom. The summed E-state index contributed by atoms with van der Waals surface area (Å²) >= 11 is 0. The molecule has 1 aromatic heterocycles. The SMILES string of the molecule is COc1ccc([N+](=O)[O-])c(NC(C)(C)CO)n1. The van der Waals surface area contributed by atoms with Gasteiger partial charge in [-0.25, -0.2) is 0 Å². The third kappa shape index (κ3) is 3.28. The Kier molecular flexibility index (Phi) is 3.84. The molecule has 7 nitrogen and oxygen atoms in total. The monoisotopic (exact) mass is 241 g/mol. The summed E-state index contributed by atoms with van der Waals surface area (Å²) in [5.41, 5.74) is -0.864. The van der Waals surface area contributed by atoms with E-state index in [4.69, 9.17) is 9.84 Å². The van der Waals surface area contributed by atoms with Crippen LogP contribution in [0.1, 0.15) is 13.8 Å². The van der Waals surface area contributed by atoms with E-state index in [0.29, 0.717) is 0 Å². The van der Waals surface area contributed by atoms with Crippen molar-refractivity contribution in [1.29, 1.82) is 0 Å². The van der Waals surface area contributed by atoms with Crippen LogP contribution in [0.25, 0.3) is 0 Å². The molecule has 0 aromatic carbocycles. The Morgan fingerprint density at radius 3 is 2.71 bits per heavy atom. The number of aliphatic hydroxyl groups excluding tert-OH is 1. The summed E-state index contributed by atoms with van der Waals surface area (Å²) in [5.74, 6) is 0.347. The van der Waals surface area contributed by atoms with Gasteiger partial charge in [-0.1, -0.05) is 0 Å². The van der Waals surface area contributed by atoms with Crippen LogP contribution in [-0.2, 0) is 0 Å². The topological polar surface area (TPSA) is 97.5 Å². The second kappa shape index (κ2) is 4.96. The summed E-state index contributed by atoms with van der Waals surface area (Å²) in [6, 6.07) is 2.72. The molecule has 1 aromatic rings. The van der Waals surface area contributed by atoms with Gasteiger partial charge < -0.3 is 15.2 Å². The van der Waals surface area contributed by atoms with Crippen molar-refractivity contribution in [1.82, 2.24) is 4.98 Å². The summed E-state index contributed by atoms with van der Waals surface area (Å²) in [6.45, 7) is 3.23. The molecule has 0 unspecified atom stereocenters. The van der Waals surface area contributed by atoms with Crippen LogP contribution < -0.4 is 10.1 Å². The molecule has 0 saturated heterocycles. The molecule has 0 amide bonds. The molecule has 7 heteroatoms. The van der Waals surface area contributed by atoms with Crippen molar-refractivity contribution < 1.29 is 14.8 Å². The van der Waals surface area contributed by atoms with E-state index in [1.807, 2.05) is 0 Å². The molecule has 17 heavy (non-hydrogen) atoms. The second-order valence-electron chi connectivity index (χ2n) is 4.15. The van der Waals surface area contributed by atoms with Crippen LogP contribution in [0.3, 0.4) is 0 Å². The second-order valence-corrected chi connectivity index (χ2v) is 4.15. The fourth-order valence-electron chi connectivity index (χ4n) is 1.15. The lowest BCUT2D eigenvalue weighted by atomic mass is 10.1. The highest BCUT2D eigenvalue weighted by molar-refractivity contribution is 5.58. The zero-order valence-electron chi connectivity index (χ0n) is 9.93. The van der Waals surface area contributed by atoms with E-state index >= 15 is 0 Å². The van der Waals surface area contributed by atoms with Gasteiger partial charge in [-0.2, -0.15) is 4.98 Å². The zero-order valence-corrected chi connectivity index (χ0v) is 9.93. The predicted octanol–water partition coefficient (Wildman–Crippen LogP) is 1.18. The minimum absolute atomic E-state index is 0.0772. The van der Waals surface area contributed by atoms with E-state index in [-0.39, 0.29) is 24.0 Å².